The molecule has 3 amide bonds. The number of hydrogen-bond acceptors (Lipinski definition) is 4. The number of fused-ring (bicyclic) bond motifs is 1. The van der Waals surface area contributed by atoms with Gasteiger partial charge >= 0.3 is 6.03 Å². The standard InChI is InChI=1S/C23H28N4O3/c28-22(24-11-14-27-15-12-25-23(27)29)10-13-26-16-19-8-4-5-9-20(19)30-21(17-26)18-6-2-1-3-7-18/h1-9,21H,10-17H2,(H,24,28)(H,25,29). The summed E-state index contributed by atoms with van der Waals surface area (Å²) in [6.45, 7) is 4.51. The minimum absolute atomic E-state index is 0.00400. The van der Waals surface area contributed by atoms with E-state index >= 15 is 0 Å². The van der Waals surface area contributed by atoms with Crippen LogP contribution in [0.5, 0.6) is 5.75 Å². The molecule has 7 heteroatoms. The highest BCUT2D eigenvalue weighted by atomic mass is 16.5. The zero-order valence-corrected chi connectivity index (χ0v) is 17.0. The number of benzene rings is 2. The lowest BCUT2D eigenvalue weighted by molar-refractivity contribution is -0.121. The van der Waals surface area contributed by atoms with E-state index in [1.165, 1.54) is 0 Å². The Kier molecular flexibility index (Phi) is 6.49. The van der Waals surface area contributed by atoms with Crippen LogP contribution in [-0.4, -0.2) is 61.0 Å². The van der Waals surface area contributed by atoms with Crippen molar-refractivity contribution in [2.75, 3.05) is 39.3 Å². The molecule has 0 aliphatic carbocycles. The van der Waals surface area contributed by atoms with Gasteiger partial charge in [0, 0.05) is 57.8 Å². The molecule has 1 fully saturated rings. The van der Waals surface area contributed by atoms with E-state index in [4.69, 9.17) is 4.74 Å². The van der Waals surface area contributed by atoms with Gasteiger partial charge in [0.15, 0.2) is 0 Å². The molecular weight excluding hydrogens is 380 g/mol. The molecule has 0 saturated carbocycles. The SMILES string of the molecule is O=C(CCN1Cc2ccccc2OC(c2ccccc2)C1)NCCN1CCNC1=O. The van der Waals surface area contributed by atoms with Gasteiger partial charge in [-0.1, -0.05) is 48.5 Å². The fraction of sp³-hybridized carbons (Fsp3) is 0.391. The first kappa shape index (κ1) is 20.2. The second-order valence-corrected chi connectivity index (χ2v) is 7.68. The van der Waals surface area contributed by atoms with Crippen LogP contribution >= 0.6 is 0 Å². The third-order valence-corrected chi connectivity index (χ3v) is 5.54. The maximum Gasteiger partial charge on any atom is 0.317 e. The summed E-state index contributed by atoms with van der Waals surface area (Å²) in [5.74, 6) is 0.909. The molecule has 0 radical (unpaired) electrons. The number of rotatable bonds is 7. The highest BCUT2D eigenvalue weighted by Gasteiger charge is 2.24. The number of amides is 3. The normalized spacial score (nSPS) is 18.9. The summed E-state index contributed by atoms with van der Waals surface area (Å²) < 4.78 is 6.33. The number of carbonyl (C=O) groups excluding carboxylic acids is 2. The zero-order chi connectivity index (χ0) is 20.8. The van der Waals surface area contributed by atoms with Crippen molar-refractivity contribution in [2.45, 2.75) is 19.1 Å². The number of para-hydroxylation sites is 1. The monoisotopic (exact) mass is 408 g/mol. The first-order valence-electron chi connectivity index (χ1n) is 10.5. The lowest BCUT2D eigenvalue weighted by atomic mass is 10.1. The van der Waals surface area contributed by atoms with E-state index in [9.17, 15) is 9.59 Å². The van der Waals surface area contributed by atoms with Crippen LogP contribution in [0.2, 0.25) is 0 Å². The van der Waals surface area contributed by atoms with E-state index in [0.29, 0.717) is 39.1 Å². The first-order valence-corrected chi connectivity index (χ1v) is 10.5. The lowest BCUT2D eigenvalue weighted by Gasteiger charge is -2.24. The van der Waals surface area contributed by atoms with Crippen molar-refractivity contribution in [3.8, 4) is 5.75 Å². The summed E-state index contributed by atoms with van der Waals surface area (Å²) >= 11 is 0. The number of urea groups is 1. The molecule has 158 valence electrons. The fourth-order valence-electron chi connectivity index (χ4n) is 3.89. The van der Waals surface area contributed by atoms with Crippen LogP contribution in [0, 0.1) is 0 Å². The molecule has 0 aromatic heterocycles. The summed E-state index contributed by atoms with van der Waals surface area (Å²) in [6.07, 6.45) is 0.335. The maximum atomic E-state index is 12.3. The van der Waals surface area contributed by atoms with Gasteiger partial charge in [-0.2, -0.15) is 0 Å². The van der Waals surface area contributed by atoms with Crippen molar-refractivity contribution < 1.29 is 14.3 Å². The molecule has 2 aromatic carbocycles. The van der Waals surface area contributed by atoms with Crippen LogP contribution in [0.1, 0.15) is 23.7 Å². The number of ether oxygens (including phenoxy) is 1. The van der Waals surface area contributed by atoms with Crippen molar-refractivity contribution in [1.82, 2.24) is 20.4 Å². The maximum absolute atomic E-state index is 12.3. The summed E-state index contributed by atoms with van der Waals surface area (Å²) in [5.41, 5.74) is 2.27. The predicted octanol–water partition coefficient (Wildman–Crippen LogP) is 2.15. The minimum Gasteiger partial charge on any atom is -0.484 e. The lowest BCUT2D eigenvalue weighted by Crippen LogP contribution is -2.38. The molecule has 0 bridgehead atoms. The molecule has 4 rings (SSSR count). The van der Waals surface area contributed by atoms with E-state index in [2.05, 4.69) is 33.7 Å². The smallest absolute Gasteiger partial charge is 0.317 e. The molecular formula is C23H28N4O3. The molecule has 1 unspecified atom stereocenters. The fourth-order valence-corrected chi connectivity index (χ4v) is 3.89. The Morgan fingerprint density at radius 1 is 1.10 bits per heavy atom. The molecule has 2 aromatic rings. The molecule has 0 spiro atoms. The quantitative estimate of drug-likeness (QED) is 0.736. The second-order valence-electron chi connectivity index (χ2n) is 7.68. The molecule has 1 saturated heterocycles. The predicted molar refractivity (Wildman–Crippen MR) is 114 cm³/mol. The molecule has 2 aliphatic rings. The van der Waals surface area contributed by atoms with Crippen molar-refractivity contribution in [3.63, 3.8) is 0 Å². The number of hydrogen-bond donors (Lipinski definition) is 2. The van der Waals surface area contributed by atoms with Gasteiger partial charge in [-0.05, 0) is 11.6 Å². The highest BCUT2D eigenvalue weighted by molar-refractivity contribution is 5.77. The summed E-state index contributed by atoms with van der Waals surface area (Å²) in [4.78, 5) is 27.9. The van der Waals surface area contributed by atoms with Crippen LogP contribution in [0.4, 0.5) is 4.79 Å². The van der Waals surface area contributed by atoms with Gasteiger partial charge in [-0.15, -0.1) is 0 Å². The van der Waals surface area contributed by atoms with Crippen LogP contribution in [-0.2, 0) is 11.3 Å². The molecule has 7 nitrogen and oxygen atoms in total. The molecule has 1 atom stereocenters. The van der Waals surface area contributed by atoms with Gasteiger partial charge in [0.2, 0.25) is 5.91 Å². The Morgan fingerprint density at radius 2 is 1.90 bits per heavy atom. The Bertz CT molecular complexity index is 874. The number of nitrogens with zero attached hydrogens (tertiary/aromatic N) is 2. The zero-order valence-electron chi connectivity index (χ0n) is 17.0. The van der Waals surface area contributed by atoms with E-state index < -0.39 is 0 Å². The Hall–Kier alpha value is -3.06. The minimum atomic E-state index is -0.0772. The van der Waals surface area contributed by atoms with Gasteiger partial charge in [0.05, 0.1) is 0 Å². The Morgan fingerprint density at radius 3 is 2.70 bits per heavy atom. The second kappa shape index (κ2) is 9.63. The Labute approximate surface area is 177 Å². The Balaban J connectivity index is 1.33. The van der Waals surface area contributed by atoms with Crippen molar-refractivity contribution in [3.05, 3.63) is 65.7 Å². The number of carbonyl (C=O) groups is 2. The van der Waals surface area contributed by atoms with E-state index in [-0.39, 0.29) is 18.0 Å². The molecule has 2 N–H and O–H groups in total. The van der Waals surface area contributed by atoms with E-state index in [1.54, 1.807) is 4.90 Å². The topological polar surface area (TPSA) is 73.9 Å². The third-order valence-electron chi connectivity index (χ3n) is 5.54. The highest BCUT2D eigenvalue weighted by Crippen LogP contribution is 2.31. The van der Waals surface area contributed by atoms with Crippen LogP contribution in [0.15, 0.2) is 54.6 Å². The summed E-state index contributed by atoms with van der Waals surface area (Å²) in [7, 11) is 0. The van der Waals surface area contributed by atoms with Crippen molar-refractivity contribution >= 4 is 11.9 Å². The summed E-state index contributed by atoms with van der Waals surface area (Å²) in [5, 5.41) is 5.69. The first-order chi connectivity index (χ1) is 14.7. The average molecular weight is 409 g/mol. The molecule has 2 aliphatic heterocycles. The molecule has 2 heterocycles. The average Bonchev–Trinajstić information content (AvgIpc) is 3.07. The third kappa shape index (κ3) is 5.10. The van der Waals surface area contributed by atoms with Crippen molar-refractivity contribution in [2.24, 2.45) is 0 Å². The van der Waals surface area contributed by atoms with Gasteiger partial charge in [-0.3, -0.25) is 9.69 Å². The van der Waals surface area contributed by atoms with Crippen molar-refractivity contribution in [1.29, 1.82) is 0 Å². The summed E-state index contributed by atoms with van der Waals surface area (Å²) in [6, 6.07) is 18.3. The van der Waals surface area contributed by atoms with Gasteiger partial charge < -0.3 is 20.3 Å². The van der Waals surface area contributed by atoms with Crippen LogP contribution < -0.4 is 15.4 Å². The number of nitrogens with one attached hydrogen (secondary N) is 2. The van der Waals surface area contributed by atoms with Gasteiger partial charge in [0.1, 0.15) is 11.9 Å². The van der Waals surface area contributed by atoms with E-state index in [0.717, 1.165) is 30.0 Å². The molecule has 30 heavy (non-hydrogen) atoms. The van der Waals surface area contributed by atoms with Gasteiger partial charge in [-0.25, -0.2) is 4.79 Å². The van der Waals surface area contributed by atoms with Crippen LogP contribution in [0.3, 0.4) is 0 Å². The van der Waals surface area contributed by atoms with Gasteiger partial charge in [0.25, 0.3) is 0 Å². The van der Waals surface area contributed by atoms with Crippen LogP contribution in [0.25, 0.3) is 0 Å². The largest absolute Gasteiger partial charge is 0.484 e. The van der Waals surface area contributed by atoms with E-state index in [1.807, 2.05) is 36.4 Å².